The lowest BCUT2D eigenvalue weighted by Crippen LogP contribution is -2.44. The highest BCUT2D eigenvalue weighted by molar-refractivity contribution is 5.81. The molecule has 0 aliphatic heterocycles. The molecule has 0 aliphatic rings. The molecule has 0 unspecified atom stereocenters. The van der Waals surface area contributed by atoms with Crippen molar-refractivity contribution in [3.05, 3.63) is 0 Å². The average Bonchev–Trinajstić information content (AvgIpc) is 2.61. The third-order valence-electron chi connectivity index (χ3n) is 3.92. The van der Waals surface area contributed by atoms with E-state index in [1.165, 1.54) is 4.90 Å². The van der Waals surface area contributed by atoms with Crippen molar-refractivity contribution < 1.29 is 24.0 Å². The number of Topliss-reactive ketones (excluding diaryl/α,β-unsaturated/α-hetero) is 1. The maximum Gasteiger partial charge on any atom is 0.234 e. The van der Waals surface area contributed by atoms with Crippen LogP contribution in [0.2, 0.25) is 0 Å². The van der Waals surface area contributed by atoms with Gasteiger partial charge < -0.3 is 25.0 Å². The van der Waals surface area contributed by atoms with Crippen LogP contribution in [0, 0.1) is 0 Å². The topological polar surface area (TPSA) is 113 Å². The van der Waals surface area contributed by atoms with E-state index in [4.69, 9.17) is 0 Å². The number of aldehydes is 2. The Kier molecular flexibility index (Phi) is 16.0. The fourth-order valence-electron chi connectivity index (χ4n) is 2.47. The van der Waals surface area contributed by atoms with E-state index in [1.54, 1.807) is 6.92 Å². The van der Waals surface area contributed by atoms with Crippen LogP contribution in [-0.4, -0.2) is 67.8 Å². The molecule has 0 rings (SSSR count). The van der Waals surface area contributed by atoms with Crippen LogP contribution in [0.15, 0.2) is 0 Å². The normalized spacial score (nSPS) is 10.4. The van der Waals surface area contributed by atoms with Gasteiger partial charge in [0.2, 0.25) is 11.8 Å². The summed E-state index contributed by atoms with van der Waals surface area (Å²) in [7, 11) is 0. The van der Waals surface area contributed by atoms with Crippen molar-refractivity contribution in [3.8, 4) is 0 Å². The second-order valence-electron chi connectivity index (χ2n) is 6.56. The minimum Gasteiger partial charge on any atom is -0.355 e. The molecule has 0 saturated heterocycles. The summed E-state index contributed by atoms with van der Waals surface area (Å²) >= 11 is 0. The number of amides is 2. The van der Waals surface area contributed by atoms with Gasteiger partial charge in [0, 0.05) is 25.9 Å². The summed E-state index contributed by atoms with van der Waals surface area (Å²) in [6.07, 6.45) is 7.59. The van der Waals surface area contributed by atoms with Crippen LogP contribution >= 0.6 is 0 Å². The molecule has 27 heavy (non-hydrogen) atoms. The number of hydrogen-bond acceptors (Lipinski definition) is 6. The van der Waals surface area contributed by atoms with E-state index in [1.807, 2.05) is 0 Å². The molecule has 0 saturated carbocycles. The Bertz CT molecular complexity index is 468. The number of unbranched alkanes of at least 4 members (excludes halogenated alkanes) is 5. The van der Waals surface area contributed by atoms with Gasteiger partial charge in [-0.05, 0) is 32.6 Å². The molecule has 0 aromatic rings. The molecule has 2 N–H and O–H groups in total. The van der Waals surface area contributed by atoms with E-state index in [9.17, 15) is 24.0 Å². The minimum atomic E-state index is -0.232. The van der Waals surface area contributed by atoms with Gasteiger partial charge in [-0.3, -0.25) is 14.5 Å². The summed E-state index contributed by atoms with van der Waals surface area (Å²) in [6, 6.07) is 0. The number of nitrogens with one attached hydrogen (secondary N) is 2. The molecular formula is C19H33N3O5. The van der Waals surface area contributed by atoms with E-state index in [0.29, 0.717) is 32.2 Å². The third kappa shape index (κ3) is 17.1. The zero-order valence-electron chi connectivity index (χ0n) is 16.3. The first-order valence-corrected chi connectivity index (χ1v) is 9.62. The van der Waals surface area contributed by atoms with Gasteiger partial charge in [0.05, 0.1) is 19.6 Å². The van der Waals surface area contributed by atoms with E-state index in [-0.39, 0.29) is 37.2 Å². The van der Waals surface area contributed by atoms with Crippen LogP contribution in [0.3, 0.4) is 0 Å². The second-order valence-corrected chi connectivity index (χ2v) is 6.56. The van der Waals surface area contributed by atoms with Crippen molar-refractivity contribution in [2.24, 2.45) is 0 Å². The summed E-state index contributed by atoms with van der Waals surface area (Å²) < 4.78 is 0. The average molecular weight is 383 g/mol. The van der Waals surface area contributed by atoms with Crippen LogP contribution in [0.4, 0.5) is 0 Å². The molecule has 0 radical (unpaired) electrons. The fraction of sp³-hybridized carbons (Fsp3) is 0.737. The summed E-state index contributed by atoms with van der Waals surface area (Å²) in [5, 5.41) is 5.52. The van der Waals surface area contributed by atoms with E-state index >= 15 is 0 Å². The van der Waals surface area contributed by atoms with Crippen LogP contribution in [-0.2, 0) is 24.0 Å². The predicted molar refractivity (Wildman–Crippen MR) is 102 cm³/mol. The fourth-order valence-corrected chi connectivity index (χ4v) is 2.47. The lowest BCUT2D eigenvalue weighted by Gasteiger charge is -2.18. The van der Waals surface area contributed by atoms with Crippen molar-refractivity contribution in [2.75, 3.05) is 32.7 Å². The predicted octanol–water partition coefficient (Wildman–Crippen LogP) is 0.628. The molecule has 0 aromatic carbocycles. The number of nitrogens with zero attached hydrogens (tertiary/aromatic N) is 1. The third-order valence-corrected chi connectivity index (χ3v) is 3.92. The molecule has 2 amide bonds. The van der Waals surface area contributed by atoms with Crippen LogP contribution in [0.25, 0.3) is 0 Å². The van der Waals surface area contributed by atoms with Gasteiger partial charge in [0.1, 0.15) is 18.4 Å². The van der Waals surface area contributed by atoms with Crippen molar-refractivity contribution >= 4 is 30.2 Å². The van der Waals surface area contributed by atoms with E-state index in [2.05, 4.69) is 10.6 Å². The maximum absolute atomic E-state index is 11.9. The summed E-state index contributed by atoms with van der Waals surface area (Å²) in [5.41, 5.74) is 0. The largest absolute Gasteiger partial charge is 0.355 e. The van der Waals surface area contributed by atoms with Gasteiger partial charge in [-0.15, -0.1) is 0 Å². The summed E-state index contributed by atoms with van der Waals surface area (Å²) in [4.78, 5) is 57.1. The lowest BCUT2D eigenvalue weighted by atomic mass is 10.1. The van der Waals surface area contributed by atoms with Gasteiger partial charge in [-0.1, -0.05) is 12.8 Å². The van der Waals surface area contributed by atoms with Gasteiger partial charge in [-0.25, -0.2) is 0 Å². The van der Waals surface area contributed by atoms with Gasteiger partial charge in [-0.2, -0.15) is 0 Å². The molecule has 8 nitrogen and oxygen atoms in total. The Morgan fingerprint density at radius 2 is 1.33 bits per heavy atom. The second kappa shape index (κ2) is 17.3. The highest BCUT2D eigenvalue weighted by Crippen LogP contribution is 1.99. The molecule has 0 heterocycles. The number of rotatable bonds is 18. The highest BCUT2D eigenvalue weighted by Gasteiger charge is 2.13. The highest BCUT2D eigenvalue weighted by atomic mass is 16.2. The van der Waals surface area contributed by atoms with E-state index < -0.39 is 0 Å². The molecule has 0 bridgehead atoms. The molecule has 8 heteroatoms. The molecule has 0 aliphatic carbocycles. The number of hydrogen-bond donors (Lipinski definition) is 2. The minimum absolute atomic E-state index is 0.0127. The number of carbonyl (C=O) groups is 5. The van der Waals surface area contributed by atoms with E-state index in [0.717, 1.165) is 44.8 Å². The molecule has 0 aromatic heterocycles. The quantitative estimate of drug-likeness (QED) is 0.265. The Morgan fingerprint density at radius 3 is 1.81 bits per heavy atom. The van der Waals surface area contributed by atoms with Crippen LogP contribution < -0.4 is 10.6 Å². The van der Waals surface area contributed by atoms with Crippen molar-refractivity contribution in [2.45, 2.75) is 58.3 Å². The summed E-state index contributed by atoms with van der Waals surface area (Å²) in [5.74, 6) is -0.294. The van der Waals surface area contributed by atoms with Crippen molar-refractivity contribution in [1.29, 1.82) is 0 Å². The number of ketones is 1. The van der Waals surface area contributed by atoms with Gasteiger partial charge >= 0.3 is 0 Å². The smallest absolute Gasteiger partial charge is 0.234 e. The number of carbonyl (C=O) groups excluding carboxylic acids is 5. The van der Waals surface area contributed by atoms with Crippen molar-refractivity contribution in [1.82, 2.24) is 15.5 Å². The van der Waals surface area contributed by atoms with Crippen LogP contribution in [0.5, 0.6) is 0 Å². The lowest BCUT2D eigenvalue weighted by molar-refractivity contribution is -0.125. The first kappa shape index (κ1) is 24.9. The van der Waals surface area contributed by atoms with Gasteiger partial charge in [0.25, 0.3) is 0 Å². The van der Waals surface area contributed by atoms with Crippen LogP contribution in [0.1, 0.15) is 58.3 Å². The molecule has 154 valence electrons. The molecular weight excluding hydrogens is 350 g/mol. The Labute approximate surface area is 161 Å². The molecule has 0 spiro atoms. The standard InChI is InChI=1S/C19H33N3O5/c1-17(25)9-5-4-7-11-21-19(27)16-22(12-14-24)15-18(26)20-10-6-2-3-8-13-23/h13-14H,2-12,15-16H2,1H3,(H,20,26)(H,21,27). The SMILES string of the molecule is CC(=O)CCCCCNC(=O)CN(CC=O)CC(=O)NCCCCCC=O. The molecule has 0 fully saturated rings. The zero-order chi connectivity index (χ0) is 20.3. The van der Waals surface area contributed by atoms with Gasteiger partial charge in [0.15, 0.2) is 0 Å². The van der Waals surface area contributed by atoms with Crippen molar-refractivity contribution in [3.63, 3.8) is 0 Å². The Hall–Kier alpha value is -2.09. The first-order chi connectivity index (χ1) is 13.0. The maximum atomic E-state index is 11.9. The monoisotopic (exact) mass is 383 g/mol. The first-order valence-electron chi connectivity index (χ1n) is 9.62. The zero-order valence-corrected chi connectivity index (χ0v) is 16.3. The Balaban J connectivity index is 3.93. The summed E-state index contributed by atoms with van der Waals surface area (Å²) in [6.45, 7) is 2.57. The molecule has 0 atom stereocenters. The Morgan fingerprint density at radius 1 is 0.778 bits per heavy atom.